The average molecular weight is 252 g/mol. The number of hydrogen-bond acceptors (Lipinski definition) is 4. The molecule has 1 aromatic rings. The first-order valence-corrected chi connectivity index (χ1v) is 6.18. The molecule has 0 aliphatic carbocycles. The fraction of sp³-hybridized carbons (Fsp3) is 0.667. The molecule has 1 saturated heterocycles. The van der Waals surface area contributed by atoms with Gasteiger partial charge in [-0.05, 0) is 18.9 Å². The highest BCUT2D eigenvalue weighted by molar-refractivity contribution is 5.91. The van der Waals surface area contributed by atoms with E-state index in [1.165, 1.54) is 0 Å². The van der Waals surface area contributed by atoms with Gasteiger partial charge in [0.25, 0.3) is 0 Å². The van der Waals surface area contributed by atoms with Crippen molar-refractivity contribution >= 4 is 11.7 Å². The number of nitrogens with one attached hydrogen (secondary N) is 1. The van der Waals surface area contributed by atoms with Crippen molar-refractivity contribution in [2.45, 2.75) is 6.42 Å². The molecule has 100 valence electrons. The molecule has 0 saturated carbocycles. The van der Waals surface area contributed by atoms with Crippen LogP contribution in [0.5, 0.6) is 0 Å². The number of likely N-dealkylation sites (tertiary alicyclic amines) is 1. The van der Waals surface area contributed by atoms with Crippen LogP contribution in [0.4, 0.5) is 5.82 Å². The molecule has 0 unspecified atom stereocenters. The molecular formula is C12H20N4O2. The lowest BCUT2D eigenvalue weighted by Crippen LogP contribution is -2.32. The second-order valence-electron chi connectivity index (χ2n) is 4.77. The van der Waals surface area contributed by atoms with Gasteiger partial charge in [-0.25, -0.2) is 0 Å². The van der Waals surface area contributed by atoms with Gasteiger partial charge in [0.1, 0.15) is 0 Å². The summed E-state index contributed by atoms with van der Waals surface area (Å²) in [5.74, 6) is 1.15. The van der Waals surface area contributed by atoms with E-state index in [1.54, 1.807) is 24.1 Å². The third-order valence-corrected chi connectivity index (χ3v) is 3.12. The maximum absolute atomic E-state index is 11.8. The Bertz CT molecular complexity index is 405. The van der Waals surface area contributed by atoms with Crippen molar-refractivity contribution in [2.75, 3.05) is 38.7 Å². The summed E-state index contributed by atoms with van der Waals surface area (Å²) in [5.41, 5.74) is 0. The molecule has 0 spiro atoms. The van der Waals surface area contributed by atoms with Gasteiger partial charge < -0.3 is 10.1 Å². The van der Waals surface area contributed by atoms with E-state index in [0.717, 1.165) is 26.1 Å². The van der Waals surface area contributed by atoms with Crippen LogP contribution >= 0.6 is 0 Å². The predicted molar refractivity (Wildman–Crippen MR) is 68.3 cm³/mol. The van der Waals surface area contributed by atoms with E-state index in [2.05, 4.69) is 15.3 Å². The Hall–Kier alpha value is -1.40. The zero-order chi connectivity index (χ0) is 13.0. The van der Waals surface area contributed by atoms with Gasteiger partial charge in [-0.15, -0.1) is 0 Å². The van der Waals surface area contributed by atoms with E-state index >= 15 is 0 Å². The van der Waals surface area contributed by atoms with Crippen molar-refractivity contribution < 1.29 is 9.53 Å². The number of methoxy groups -OCH3 is 1. The van der Waals surface area contributed by atoms with Gasteiger partial charge in [-0.3, -0.25) is 14.4 Å². The van der Waals surface area contributed by atoms with Crippen LogP contribution in [0.2, 0.25) is 0 Å². The third-order valence-electron chi connectivity index (χ3n) is 3.12. The van der Waals surface area contributed by atoms with E-state index in [0.29, 0.717) is 18.3 Å². The minimum Gasteiger partial charge on any atom is -0.384 e. The number of aromatic nitrogens is 2. The molecule has 1 aromatic heterocycles. The summed E-state index contributed by atoms with van der Waals surface area (Å²) in [5, 5.41) is 6.91. The molecule has 1 aliphatic heterocycles. The lowest BCUT2D eigenvalue weighted by Gasteiger charge is -2.14. The smallest absolute Gasteiger partial charge is 0.239 e. The molecule has 1 atom stereocenters. The molecule has 0 bridgehead atoms. The number of carbonyl (C=O) groups is 1. The Kier molecular flexibility index (Phi) is 4.33. The van der Waals surface area contributed by atoms with Gasteiger partial charge in [0.05, 0.1) is 13.2 Å². The Labute approximate surface area is 107 Å². The molecule has 6 nitrogen and oxygen atoms in total. The number of amides is 1. The highest BCUT2D eigenvalue weighted by Crippen LogP contribution is 2.15. The van der Waals surface area contributed by atoms with Crippen LogP contribution in [0.15, 0.2) is 12.3 Å². The number of carbonyl (C=O) groups excluding carboxylic acids is 1. The second-order valence-corrected chi connectivity index (χ2v) is 4.77. The monoisotopic (exact) mass is 252 g/mol. The number of aryl methyl sites for hydroxylation is 1. The van der Waals surface area contributed by atoms with Crippen LogP contribution in [-0.4, -0.2) is 53.9 Å². The standard InChI is InChI=1S/C12H20N4O2/c1-15-5-4-11(14-15)13-12(17)8-16-6-3-10(7-16)9-18-2/h4-5,10H,3,6-9H2,1-2H3,(H,13,14,17)/t10-/m1/s1. The van der Waals surface area contributed by atoms with Crippen LogP contribution in [0.1, 0.15) is 6.42 Å². The molecule has 6 heteroatoms. The summed E-state index contributed by atoms with van der Waals surface area (Å²) in [6, 6.07) is 1.79. The second kappa shape index (κ2) is 5.97. The average Bonchev–Trinajstić information content (AvgIpc) is 2.89. The Morgan fingerprint density at radius 2 is 2.50 bits per heavy atom. The van der Waals surface area contributed by atoms with Gasteiger partial charge >= 0.3 is 0 Å². The zero-order valence-corrected chi connectivity index (χ0v) is 10.9. The summed E-state index contributed by atoms with van der Waals surface area (Å²) >= 11 is 0. The van der Waals surface area contributed by atoms with Crippen LogP contribution in [0.3, 0.4) is 0 Å². The van der Waals surface area contributed by atoms with Crippen LogP contribution in [0, 0.1) is 5.92 Å². The minimum atomic E-state index is -0.00762. The quantitative estimate of drug-likeness (QED) is 0.820. The molecule has 1 amide bonds. The lowest BCUT2D eigenvalue weighted by molar-refractivity contribution is -0.117. The number of hydrogen-bond donors (Lipinski definition) is 1. The number of nitrogens with zero attached hydrogens (tertiary/aromatic N) is 3. The molecule has 1 N–H and O–H groups in total. The minimum absolute atomic E-state index is 0.00762. The van der Waals surface area contributed by atoms with E-state index in [9.17, 15) is 4.79 Å². The Morgan fingerprint density at radius 1 is 1.67 bits per heavy atom. The fourth-order valence-electron chi connectivity index (χ4n) is 2.30. The van der Waals surface area contributed by atoms with Crippen molar-refractivity contribution in [3.63, 3.8) is 0 Å². The van der Waals surface area contributed by atoms with Gasteiger partial charge in [0.2, 0.25) is 5.91 Å². The van der Waals surface area contributed by atoms with E-state index in [-0.39, 0.29) is 5.91 Å². The normalized spacial score (nSPS) is 20.2. The van der Waals surface area contributed by atoms with Crippen molar-refractivity contribution in [3.8, 4) is 0 Å². The first-order chi connectivity index (χ1) is 8.67. The molecule has 1 fully saturated rings. The first kappa shape index (κ1) is 13.0. The van der Waals surface area contributed by atoms with Gasteiger partial charge in [-0.2, -0.15) is 5.10 Å². The molecule has 1 aliphatic rings. The highest BCUT2D eigenvalue weighted by Gasteiger charge is 2.23. The lowest BCUT2D eigenvalue weighted by atomic mass is 10.1. The fourth-order valence-corrected chi connectivity index (χ4v) is 2.30. The first-order valence-electron chi connectivity index (χ1n) is 6.18. The Balaban J connectivity index is 1.75. The third kappa shape index (κ3) is 3.54. The van der Waals surface area contributed by atoms with Crippen LogP contribution in [0.25, 0.3) is 0 Å². The van der Waals surface area contributed by atoms with Crippen molar-refractivity contribution in [1.82, 2.24) is 14.7 Å². The predicted octanol–water partition coefficient (Wildman–Crippen LogP) is 0.327. The maximum Gasteiger partial charge on any atom is 0.239 e. The van der Waals surface area contributed by atoms with Crippen molar-refractivity contribution in [3.05, 3.63) is 12.3 Å². The summed E-state index contributed by atoms with van der Waals surface area (Å²) in [6.07, 6.45) is 2.91. The number of ether oxygens (including phenoxy) is 1. The highest BCUT2D eigenvalue weighted by atomic mass is 16.5. The maximum atomic E-state index is 11.8. The van der Waals surface area contributed by atoms with Crippen molar-refractivity contribution in [2.24, 2.45) is 13.0 Å². The molecule has 2 heterocycles. The molecular weight excluding hydrogens is 232 g/mol. The Morgan fingerprint density at radius 3 is 3.17 bits per heavy atom. The number of anilines is 1. The SMILES string of the molecule is COC[C@@H]1CCN(CC(=O)Nc2ccn(C)n2)C1. The van der Waals surface area contributed by atoms with Crippen LogP contribution in [-0.2, 0) is 16.6 Å². The summed E-state index contributed by atoms with van der Waals surface area (Å²) in [4.78, 5) is 14.0. The summed E-state index contributed by atoms with van der Waals surface area (Å²) in [6.45, 7) is 3.10. The zero-order valence-electron chi connectivity index (χ0n) is 10.9. The summed E-state index contributed by atoms with van der Waals surface area (Å²) in [7, 11) is 3.54. The van der Waals surface area contributed by atoms with E-state index in [4.69, 9.17) is 4.74 Å². The van der Waals surface area contributed by atoms with Gasteiger partial charge in [-0.1, -0.05) is 0 Å². The molecule has 18 heavy (non-hydrogen) atoms. The molecule has 2 rings (SSSR count). The topological polar surface area (TPSA) is 59.4 Å². The number of rotatable bonds is 5. The molecule has 0 radical (unpaired) electrons. The van der Waals surface area contributed by atoms with Crippen LogP contribution < -0.4 is 5.32 Å². The van der Waals surface area contributed by atoms with Gasteiger partial charge in [0, 0.05) is 33.0 Å². The molecule has 0 aromatic carbocycles. The largest absolute Gasteiger partial charge is 0.384 e. The summed E-state index contributed by atoms with van der Waals surface area (Å²) < 4.78 is 6.80. The van der Waals surface area contributed by atoms with E-state index < -0.39 is 0 Å². The van der Waals surface area contributed by atoms with Crippen molar-refractivity contribution in [1.29, 1.82) is 0 Å². The van der Waals surface area contributed by atoms with E-state index in [1.807, 2.05) is 7.05 Å². The van der Waals surface area contributed by atoms with Gasteiger partial charge in [0.15, 0.2) is 5.82 Å².